The van der Waals surface area contributed by atoms with Crippen molar-refractivity contribution in [2.75, 3.05) is 0 Å². The molecule has 0 saturated heterocycles. The van der Waals surface area contributed by atoms with Crippen LogP contribution < -0.4 is 0 Å². The van der Waals surface area contributed by atoms with Gasteiger partial charge in [0.15, 0.2) is 5.78 Å². The van der Waals surface area contributed by atoms with Gasteiger partial charge in [-0.1, -0.05) is 30.1 Å². The van der Waals surface area contributed by atoms with Crippen LogP contribution in [-0.2, 0) is 6.42 Å². The van der Waals surface area contributed by atoms with Gasteiger partial charge in [-0.05, 0) is 30.5 Å². The van der Waals surface area contributed by atoms with E-state index < -0.39 is 0 Å². The van der Waals surface area contributed by atoms with Crippen molar-refractivity contribution < 1.29 is 4.79 Å². The molecule has 1 unspecified atom stereocenters. The number of halogens is 2. The summed E-state index contributed by atoms with van der Waals surface area (Å²) < 4.78 is 0. The second-order valence-corrected chi connectivity index (χ2v) is 4.48. The second kappa shape index (κ2) is 3.56. The molecular weight excluding hydrogens is 219 g/mol. The van der Waals surface area contributed by atoms with Gasteiger partial charge in [0.1, 0.15) is 0 Å². The smallest absolute Gasteiger partial charge is 0.166 e. The molecule has 0 saturated carbocycles. The van der Waals surface area contributed by atoms with E-state index in [1.807, 2.05) is 6.92 Å². The average Bonchev–Trinajstić information content (AvgIpc) is 2.17. The summed E-state index contributed by atoms with van der Waals surface area (Å²) in [5, 5.41) is 1.08. The topological polar surface area (TPSA) is 17.1 Å². The van der Waals surface area contributed by atoms with Crippen molar-refractivity contribution in [2.45, 2.75) is 19.8 Å². The minimum atomic E-state index is 0.111. The first-order valence-electron chi connectivity index (χ1n) is 4.62. The van der Waals surface area contributed by atoms with Gasteiger partial charge in [0, 0.05) is 11.5 Å². The molecule has 1 nitrogen and oxygen atoms in total. The average molecular weight is 229 g/mol. The van der Waals surface area contributed by atoms with Gasteiger partial charge in [-0.15, -0.1) is 0 Å². The lowest BCUT2D eigenvalue weighted by Gasteiger charge is -2.21. The van der Waals surface area contributed by atoms with Gasteiger partial charge < -0.3 is 0 Å². The molecule has 0 amide bonds. The van der Waals surface area contributed by atoms with Crippen molar-refractivity contribution in [2.24, 2.45) is 5.92 Å². The lowest BCUT2D eigenvalue weighted by Crippen LogP contribution is -2.20. The third-order valence-electron chi connectivity index (χ3n) is 2.74. The summed E-state index contributed by atoms with van der Waals surface area (Å²) in [6, 6.07) is 3.47. The molecule has 1 aromatic rings. The van der Waals surface area contributed by atoms with E-state index in [2.05, 4.69) is 0 Å². The number of carbonyl (C=O) groups excluding carboxylic acids is 1. The Hall–Kier alpha value is -0.530. The van der Waals surface area contributed by atoms with E-state index in [0.29, 0.717) is 10.0 Å². The predicted octanol–water partition coefficient (Wildman–Crippen LogP) is 3.76. The molecule has 0 N–H and O–H groups in total. The summed E-state index contributed by atoms with van der Waals surface area (Å²) >= 11 is 11.9. The first kappa shape index (κ1) is 10.0. The molecule has 14 heavy (non-hydrogen) atoms. The highest BCUT2D eigenvalue weighted by Gasteiger charge is 2.25. The van der Waals surface area contributed by atoms with Crippen LogP contribution in [0.4, 0.5) is 0 Å². The molecule has 1 atom stereocenters. The minimum Gasteiger partial charge on any atom is -0.294 e. The van der Waals surface area contributed by atoms with Gasteiger partial charge in [-0.2, -0.15) is 0 Å². The van der Waals surface area contributed by atoms with E-state index in [1.165, 1.54) is 0 Å². The predicted molar refractivity (Wildman–Crippen MR) is 58.3 cm³/mol. The molecule has 2 rings (SSSR count). The second-order valence-electron chi connectivity index (χ2n) is 3.69. The van der Waals surface area contributed by atoms with Crippen LogP contribution in [0.15, 0.2) is 12.1 Å². The van der Waals surface area contributed by atoms with Gasteiger partial charge in [-0.25, -0.2) is 0 Å². The molecule has 1 aliphatic rings. The summed E-state index contributed by atoms with van der Waals surface area (Å²) in [5.41, 5.74) is 1.67. The minimum absolute atomic E-state index is 0.111. The molecule has 1 aliphatic carbocycles. The van der Waals surface area contributed by atoms with Gasteiger partial charge in [0.25, 0.3) is 0 Å². The standard InChI is InChI=1S/C11H10Cl2O/c1-6-2-3-7-8(11(6)14)4-5-9(12)10(7)13/h4-6H,2-3H2,1H3. The number of hydrogen-bond donors (Lipinski definition) is 0. The molecule has 0 aromatic heterocycles. The SMILES string of the molecule is CC1CCc2c(ccc(Cl)c2Cl)C1=O. The Morgan fingerprint density at radius 2 is 2.07 bits per heavy atom. The number of benzene rings is 1. The fraction of sp³-hybridized carbons (Fsp3) is 0.364. The molecule has 1 aromatic carbocycles. The summed E-state index contributed by atoms with van der Waals surface area (Å²) in [6.45, 7) is 1.95. The van der Waals surface area contributed by atoms with E-state index in [1.54, 1.807) is 12.1 Å². The molecule has 0 bridgehead atoms. The van der Waals surface area contributed by atoms with Gasteiger partial charge >= 0.3 is 0 Å². The summed E-state index contributed by atoms with van der Waals surface area (Å²) in [7, 11) is 0. The molecule has 0 heterocycles. The highest BCUT2D eigenvalue weighted by atomic mass is 35.5. The Morgan fingerprint density at radius 3 is 2.79 bits per heavy atom. The van der Waals surface area contributed by atoms with Gasteiger partial charge in [0.2, 0.25) is 0 Å². The number of ketones is 1. The van der Waals surface area contributed by atoms with E-state index in [0.717, 1.165) is 24.0 Å². The molecule has 0 fully saturated rings. The molecule has 74 valence electrons. The third-order valence-corrected chi connectivity index (χ3v) is 3.58. The lowest BCUT2D eigenvalue weighted by atomic mass is 9.84. The van der Waals surface area contributed by atoms with Crippen LogP contribution in [0.25, 0.3) is 0 Å². The Morgan fingerprint density at radius 1 is 1.36 bits per heavy atom. The van der Waals surface area contributed by atoms with Crippen LogP contribution in [-0.4, -0.2) is 5.78 Å². The number of rotatable bonds is 0. The molecule has 3 heteroatoms. The van der Waals surface area contributed by atoms with Crippen LogP contribution >= 0.6 is 23.2 Å². The maximum atomic E-state index is 11.8. The van der Waals surface area contributed by atoms with Crippen LogP contribution in [0, 0.1) is 5.92 Å². The van der Waals surface area contributed by atoms with Crippen LogP contribution in [0.1, 0.15) is 29.3 Å². The van der Waals surface area contributed by atoms with Crippen molar-refractivity contribution >= 4 is 29.0 Å². The number of fused-ring (bicyclic) bond motifs is 1. The van der Waals surface area contributed by atoms with Crippen LogP contribution in [0.3, 0.4) is 0 Å². The Labute approximate surface area is 93.0 Å². The highest BCUT2D eigenvalue weighted by Crippen LogP contribution is 2.34. The fourth-order valence-electron chi connectivity index (χ4n) is 1.83. The van der Waals surface area contributed by atoms with Crippen LogP contribution in [0.2, 0.25) is 10.0 Å². The first-order chi connectivity index (χ1) is 6.61. The van der Waals surface area contributed by atoms with Gasteiger partial charge in [-0.3, -0.25) is 4.79 Å². The van der Waals surface area contributed by atoms with Crippen molar-refractivity contribution in [3.63, 3.8) is 0 Å². The Kier molecular flexibility index (Phi) is 2.54. The fourth-order valence-corrected chi connectivity index (χ4v) is 2.26. The zero-order valence-electron chi connectivity index (χ0n) is 7.81. The summed E-state index contributed by atoms with van der Waals surface area (Å²) in [6.07, 6.45) is 1.72. The molecular formula is C11H10Cl2O. The van der Waals surface area contributed by atoms with E-state index in [4.69, 9.17) is 23.2 Å². The largest absolute Gasteiger partial charge is 0.294 e. The summed E-state index contributed by atoms with van der Waals surface area (Å²) in [5.74, 6) is 0.296. The van der Waals surface area contributed by atoms with Crippen molar-refractivity contribution in [1.29, 1.82) is 0 Å². The van der Waals surface area contributed by atoms with E-state index in [9.17, 15) is 4.79 Å². The quantitative estimate of drug-likeness (QED) is 0.661. The number of hydrogen-bond acceptors (Lipinski definition) is 1. The monoisotopic (exact) mass is 228 g/mol. The van der Waals surface area contributed by atoms with Crippen LogP contribution in [0.5, 0.6) is 0 Å². The Balaban J connectivity index is 2.59. The van der Waals surface area contributed by atoms with E-state index >= 15 is 0 Å². The van der Waals surface area contributed by atoms with Crippen molar-refractivity contribution in [3.8, 4) is 0 Å². The zero-order chi connectivity index (χ0) is 10.3. The maximum Gasteiger partial charge on any atom is 0.166 e. The van der Waals surface area contributed by atoms with E-state index in [-0.39, 0.29) is 11.7 Å². The van der Waals surface area contributed by atoms with Gasteiger partial charge in [0.05, 0.1) is 10.0 Å². The normalized spacial score (nSPS) is 20.8. The zero-order valence-corrected chi connectivity index (χ0v) is 9.32. The molecule has 0 spiro atoms. The van der Waals surface area contributed by atoms with Crippen molar-refractivity contribution in [3.05, 3.63) is 33.3 Å². The third kappa shape index (κ3) is 1.45. The Bertz CT molecular complexity index is 399. The maximum absolute atomic E-state index is 11.8. The molecule has 0 aliphatic heterocycles. The number of Topliss-reactive ketones (excluding diaryl/α,β-unsaturated/α-hetero) is 1. The first-order valence-corrected chi connectivity index (χ1v) is 5.38. The lowest BCUT2D eigenvalue weighted by molar-refractivity contribution is 0.0913. The molecule has 0 radical (unpaired) electrons. The highest BCUT2D eigenvalue weighted by molar-refractivity contribution is 6.42. The summed E-state index contributed by atoms with van der Waals surface area (Å²) in [4.78, 5) is 11.8. The number of carbonyl (C=O) groups is 1. The van der Waals surface area contributed by atoms with Crippen molar-refractivity contribution in [1.82, 2.24) is 0 Å².